The number of ketones is 1. The first kappa shape index (κ1) is 21.6. The van der Waals surface area contributed by atoms with Crippen LogP contribution in [0.1, 0.15) is 105 Å². The van der Waals surface area contributed by atoms with E-state index in [1.54, 1.807) is 0 Å². The van der Waals surface area contributed by atoms with Gasteiger partial charge in [0.15, 0.2) is 5.78 Å². The van der Waals surface area contributed by atoms with Crippen molar-refractivity contribution in [3.05, 3.63) is 11.6 Å². The number of fused-ring (bicyclic) bond motifs is 6. The molecule has 29 heavy (non-hydrogen) atoms. The Hall–Kier alpha value is -0.660. The van der Waals surface area contributed by atoms with Crippen LogP contribution in [0.4, 0.5) is 4.39 Å². The minimum atomic E-state index is -1.12. The summed E-state index contributed by atoms with van der Waals surface area (Å²) in [5.74, 6) is 4.01. The second kappa shape index (κ2) is 8.12. The fourth-order valence-corrected chi connectivity index (χ4v) is 8.33. The van der Waals surface area contributed by atoms with Gasteiger partial charge in [-0.3, -0.25) is 4.79 Å². The van der Waals surface area contributed by atoms with E-state index in [-0.39, 0.29) is 11.7 Å². The molecule has 0 spiro atoms. The molecule has 4 aliphatic carbocycles. The molecule has 4 aliphatic rings. The molecule has 3 saturated carbocycles. The Balaban J connectivity index is 1.52. The van der Waals surface area contributed by atoms with Crippen molar-refractivity contribution < 1.29 is 9.18 Å². The molecule has 0 aromatic rings. The molecule has 2 heteroatoms. The summed E-state index contributed by atoms with van der Waals surface area (Å²) in [5, 5.41) is 0. The van der Waals surface area contributed by atoms with Crippen LogP contribution in [0.2, 0.25) is 0 Å². The Bertz CT molecular complexity index is 651. The highest BCUT2D eigenvalue weighted by atomic mass is 19.1. The molecule has 0 heterocycles. The molecule has 2 bridgehead atoms. The van der Waals surface area contributed by atoms with Crippen molar-refractivity contribution >= 4 is 5.78 Å². The minimum Gasteiger partial charge on any atom is -0.295 e. The van der Waals surface area contributed by atoms with Crippen LogP contribution >= 0.6 is 0 Å². The van der Waals surface area contributed by atoms with Crippen molar-refractivity contribution in [1.29, 1.82) is 0 Å². The van der Waals surface area contributed by atoms with Crippen molar-refractivity contribution in [2.45, 2.75) is 110 Å². The largest absolute Gasteiger partial charge is 0.295 e. The standard InChI is InChI=1S/C27H43FO/c1-18(2)6-5-7-19(3)23-10-11-24-22-9-8-20-16-21(29)12-15-27(28,17-20)25(22)13-14-26(23,24)4/h16,18-19,22-25H,5-15,17H2,1-4H3/t19-,22+,23-,24+,25+,26-,27+/m1/s1. The van der Waals surface area contributed by atoms with Gasteiger partial charge < -0.3 is 0 Å². The zero-order chi connectivity index (χ0) is 20.8. The summed E-state index contributed by atoms with van der Waals surface area (Å²) >= 11 is 0. The highest BCUT2D eigenvalue weighted by Gasteiger charge is 2.59. The van der Waals surface area contributed by atoms with E-state index in [0.29, 0.717) is 36.5 Å². The highest BCUT2D eigenvalue weighted by molar-refractivity contribution is 5.90. The third-order valence-electron chi connectivity index (χ3n) is 9.77. The molecule has 0 saturated heterocycles. The van der Waals surface area contributed by atoms with Crippen LogP contribution in [0, 0.1) is 40.9 Å². The van der Waals surface area contributed by atoms with E-state index in [0.717, 1.165) is 42.6 Å². The number of carbonyl (C=O) groups is 1. The first-order valence-electron chi connectivity index (χ1n) is 12.6. The molecule has 7 atom stereocenters. The topological polar surface area (TPSA) is 17.1 Å². The average molecular weight is 403 g/mol. The molecular weight excluding hydrogens is 359 g/mol. The first-order chi connectivity index (χ1) is 13.7. The number of carbonyl (C=O) groups excluding carboxylic acids is 1. The fraction of sp³-hybridized carbons (Fsp3) is 0.889. The number of hydrogen-bond donors (Lipinski definition) is 0. The fourth-order valence-electron chi connectivity index (χ4n) is 8.33. The number of hydrogen-bond acceptors (Lipinski definition) is 1. The molecule has 0 aliphatic heterocycles. The molecule has 1 nitrogen and oxygen atoms in total. The first-order valence-corrected chi connectivity index (χ1v) is 12.6. The number of allylic oxidation sites excluding steroid dienone is 2. The van der Waals surface area contributed by atoms with Gasteiger partial charge in [-0.05, 0) is 91.9 Å². The SMILES string of the molecule is CC(C)CCC[C@@H](C)[C@H]1CC[C@H]2[C@@H]3CCC4=CC(=O)CC[C@](F)(C4)[C@H]3CC[C@]12C. The smallest absolute Gasteiger partial charge is 0.155 e. The van der Waals surface area contributed by atoms with Crippen molar-refractivity contribution in [2.24, 2.45) is 40.9 Å². The lowest BCUT2D eigenvalue weighted by atomic mass is 9.53. The molecule has 0 amide bonds. The van der Waals surface area contributed by atoms with Crippen molar-refractivity contribution in [2.75, 3.05) is 0 Å². The molecular formula is C27H43FO. The molecule has 0 N–H and O–H groups in total. The number of halogens is 1. The van der Waals surface area contributed by atoms with E-state index in [2.05, 4.69) is 27.7 Å². The maximum absolute atomic E-state index is 16.3. The molecule has 3 fully saturated rings. The van der Waals surface area contributed by atoms with Gasteiger partial charge in [-0.1, -0.05) is 52.5 Å². The number of alkyl halides is 1. The van der Waals surface area contributed by atoms with E-state index >= 15 is 4.39 Å². The van der Waals surface area contributed by atoms with Crippen molar-refractivity contribution in [1.82, 2.24) is 0 Å². The van der Waals surface area contributed by atoms with Crippen LogP contribution in [-0.4, -0.2) is 11.5 Å². The molecule has 164 valence electrons. The Morgan fingerprint density at radius 2 is 1.83 bits per heavy atom. The summed E-state index contributed by atoms with van der Waals surface area (Å²) < 4.78 is 16.3. The van der Waals surface area contributed by atoms with Gasteiger partial charge in [-0.15, -0.1) is 0 Å². The van der Waals surface area contributed by atoms with E-state index in [9.17, 15) is 4.79 Å². The second-order valence-electron chi connectivity index (χ2n) is 11.9. The lowest BCUT2D eigenvalue weighted by Gasteiger charge is -2.52. The summed E-state index contributed by atoms with van der Waals surface area (Å²) in [7, 11) is 0. The van der Waals surface area contributed by atoms with Crippen LogP contribution in [0.3, 0.4) is 0 Å². The third kappa shape index (κ3) is 3.99. The van der Waals surface area contributed by atoms with E-state index < -0.39 is 5.67 Å². The van der Waals surface area contributed by atoms with Crippen LogP contribution in [0.15, 0.2) is 11.6 Å². The van der Waals surface area contributed by atoms with E-state index in [4.69, 9.17) is 0 Å². The Morgan fingerprint density at radius 3 is 2.59 bits per heavy atom. The molecule has 4 rings (SSSR count). The molecule has 0 unspecified atom stereocenters. The van der Waals surface area contributed by atoms with Gasteiger partial charge in [0.05, 0.1) is 0 Å². The minimum absolute atomic E-state index is 0.162. The summed E-state index contributed by atoms with van der Waals surface area (Å²) in [6.45, 7) is 9.74. The lowest BCUT2D eigenvalue weighted by molar-refractivity contribution is -0.116. The Morgan fingerprint density at radius 1 is 1.03 bits per heavy atom. The van der Waals surface area contributed by atoms with E-state index in [1.165, 1.54) is 38.5 Å². The molecule has 0 radical (unpaired) electrons. The highest BCUT2D eigenvalue weighted by Crippen LogP contribution is 2.65. The summed E-state index contributed by atoms with van der Waals surface area (Å²) in [5.41, 5.74) is 0.400. The zero-order valence-corrected chi connectivity index (χ0v) is 19.3. The summed E-state index contributed by atoms with van der Waals surface area (Å²) in [4.78, 5) is 12.1. The van der Waals surface area contributed by atoms with Crippen molar-refractivity contribution in [3.8, 4) is 0 Å². The van der Waals surface area contributed by atoms with Gasteiger partial charge in [0.1, 0.15) is 5.67 Å². The monoisotopic (exact) mass is 402 g/mol. The Labute approximate surface area is 178 Å². The summed E-state index contributed by atoms with van der Waals surface area (Å²) in [6.07, 6.45) is 14.3. The van der Waals surface area contributed by atoms with Gasteiger partial charge >= 0.3 is 0 Å². The number of rotatable bonds is 5. The molecule has 0 aromatic heterocycles. The van der Waals surface area contributed by atoms with Crippen LogP contribution in [-0.2, 0) is 4.79 Å². The predicted molar refractivity (Wildman–Crippen MR) is 118 cm³/mol. The average Bonchev–Trinajstić information content (AvgIpc) is 2.84. The van der Waals surface area contributed by atoms with Crippen LogP contribution in [0.5, 0.6) is 0 Å². The normalized spacial score (nSPS) is 43.2. The van der Waals surface area contributed by atoms with Gasteiger partial charge in [0, 0.05) is 12.8 Å². The maximum atomic E-state index is 16.3. The Kier molecular flexibility index (Phi) is 6.04. The van der Waals surface area contributed by atoms with E-state index in [1.807, 2.05) is 6.08 Å². The third-order valence-corrected chi connectivity index (χ3v) is 9.77. The van der Waals surface area contributed by atoms with Gasteiger partial charge in [-0.25, -0.2) is 4.39 Å². The maximum Gasteiger partial charge on any atom is 0.155 e. The second-order valence-corrected chi connectivity index (χ2v) is 11.9. The van der Waals surface area contributed by atoms with Crippen LogP contribution < -0.4 is 0 Å². The van der Waals surface area contributed by atoms with Gasteiger partial charge in [0.2, 0.25) is 0 Å². The zero-order valence-electron chi connectivity index (χ0n) is 19.3. The van der Waals surface area contributed by atoms with Crippen molar-refractivity contribution in [3.63, 3.8) is 0 Å². The van der Waals surface area contributed by atoms with Gasteiger partial charge in [-0.2, -0.15) is 0 Å². The lowest BCUT2D eigenvalue weighted by Crippen LogP contribution is -2.48. The summed E-state index contributed by atoms with van der Waals surface area (Å²) in [6, 6.07) is 0. The predicted octanol–water partition coefficient (Wildman–Crippen LogP) is 7.69. The van der Waals surface area contributed by atoms with Gasteiger partial charge in [0.25, 0.3) is 0 Å². The quantitative estimate of drug-likeness (QED) is 0.460. The molecule has 0 aromatic carbocycles. The van der Waals surface area contributed by atoms with Crippen LogP contribution in [0.25, 0.3) is 0 Å².